The first kappa shape index (κ1) is 18.9. The summed E-state index contributed by atoms with van der Waals surface area (Å²) < 4.78 is 8.70. The van der Waals surface area contributed by atoms with Crippen LogP contribution in [0.25, 0.3) is 33.2 Å². The lowest BCUT2D eigenvalue weighted by molar-refractivity contribution is -0.660. The minimum Gasteiger partial charge on any atom is -0.455 e. The van der Waals surface area contributed by atoms with Crippen molar-refractivity contribution in [2.45, 2.75) is 51.9 Å². The van der Waals surface area contributed by atoms with Gasteiger partial charge in [0.1, 0.15) is 18.2 Å². The van der Waals surface area contributed by atoms with Gasteiger partial charge in [0, 0.05) is 22.9 Å². The second-order valence-corrected chi connectivity index (χ2v) is 8.77. The number of benzene rings is 2. The molecule has 1 fully saturated rings. The Bertz CT molecular complexity index is 1320. The highest BCUT2D eigenvalue weighted by atomic mass is 16.3. The zero-order valence-electron chi connectivity index (χ0n) is 18.0. The number of pyridine rings is 1. The van der Waals surface area contributed by atoms with Crippen LogP contribution >= 0.6 is 0 Å². The molecule has 30 heavy (non-hydrogen) atoms. The molecule has 2 aromatic heterocycles. The summed E-state index contributed by atoms with van der Waals surface area (Å²) >= 11 is 0. The highest BCUT2D eigenvalue weighted by Gasteiger charge is 2.25. The van der Waals surface area contributed by atoms with Crippen LogP contribution in [0.5, 0.6) is 0 Å². The van der Waals surface area contributed by atoms with Crippen LogP contribution in [0.2, 0.25) is 0 Å². The minimum absolute atomic E-state index is 0.472. The largest absolute Gasteiger partial charge is 0.455 e. The summed E-state index contributed by atoms with van der Waals surface area (Å²) in [4.78, 5) is 0. The van der Waals surface area contributed by atoms with E-state index in [4.69, 9.17) is 4.42 Å². The predicted octanol–water partition coefficient (Wildman–Crippen LogP) is 6.61. The zero-order valence-corrected chi connectivity index (χ0v) is 18.0. The summed E-state index contributed by atoms with van der Waals surface area (Å²) in [6, 6.07) is 15.2. The van der Waals surface area contributed by atoms with Crippen molar-refractivity contribution in [3.63, 3.8) is 0 Å². The van der Waals surface area contributed by atoms with Gasteiger partial charge >= 0.3 is 0 Å². The first-order valence-corrected chi connectivity index (χ1v) is 10.9. The number of nitrogens with zero attached hydrogens (tertiary/aromatic N) is 2. The molecule has 0 unspecified atom stereocenters. The number of nitriles is 1. The Hall–Kier alpha value is -3.12. The molecule has 1 aliphatic rings. The molecular formula is C27H27N2O+. The molecule has 150 valence electrons. The fourth-order valence-electron chi connectivity index (χ4n) is 5.32. The number of fused-ring (bicyclic) bond motifs is 3. The van der Waals surface area contributed by atoms with Crippen molar-refractivity contribution >= 4 is 21.9 Å². The summed E-state index contributed by atoms with van der Waals surface area (Å²) in [7, 11) is 2.07. The van der Waals surface area contributed by atoms with Crippen molar-refractivity contribution in [1.29, 1.82) is 5.26 Å². The quantitative estimate of drug-likeness (QED) is 0.358. The Labute approximate surface area is 177 Å². The van der Waals surface area contributed by atoms with Crippen LogP contribution in [0.4, 0.5) is 0 Å². The summed E-state index contributed by atoms with van der Waals surface area (Å²) in [5.74, 6) is 0.472. The van der Waals surface area contributed by atoms with Gasteiger partial charge in [0.2, 0.25) is 5.69 Å². The maximum absolute atomic E-state index is 9.92. The molecule has 3 heteroatoms. The number of hydrogen-bond acceptors (Lipinski definition) is 2. The molecule has 0 N–H and O–H groups in total. The van der Waals surface area contributed by atoms with Gasteiger partial charge in [-0.3, -0.25) is 0 Å². The van der Waals surface area contributed by atoms with E-state index in [-0.39, 0.29) is 0 Å². The van der Waals surface area contributed by atoms with Crippen molar-refractivity contribution < 1.29 is 8.98 Å². The second-order valence-electron chi connectivity index (χ2n) is 8.77. The molecular weight excluding hydrogens is 368 g/mol. The molecule has 0 saturated heterocycles. The van der Waals surface area contributed by atoms with Gasteiger partial charge in [-0.15, -0.1) is 0 Å². The lowest BCUT2D eigenvalue weighted by atomic mass is 9.82. The van der Waals surface area contributed by atoms with Crippen LogP contribution in [0.15, 0.2) is 47.0 Å². The van der Waals surface area contributed by atoms with E-state index in [1.807, 2.05) is 6.07 Å². The van der Waals surface area contributed by atoms with Gasteiger partial charge in [0.15, 0.2) is 6.20 Å². The Balaban J connectivity index is 1.83. The van der Waals surface area contributed by atoms with E-state index in [9.17, 15) is 5.26 Å². The Morgan fingerprint density at radius 2 is 1.83 bits per heavy atom. The first-order valence-electron chi connectivity index (χ1n) is 10.9. The topological polar surface area (TPSA) is 40.8 Å². The normalized spacial score (nSPS) is 15.0. The van der Waals surface area contributed by atoms with E-state index in [1.165, 1.54) is 48.8 Å². The highest BCUT2D eigenvalue weighted by molar-refractivity contribution is 6.12. The smallest absolute Gasteiger partial charge is 0.216 e. The molecule has 2 heterocycles. The van der Waals surface area contributed by atoms with Crippen molar-refractivity contribution in [2.24, 2.45) is 7.05 Å². The SMILES string of the molecule is Cc1cc(C)c2c(oc3cc(C4CCCCC4)c(C#N)cc32)c1-c1cccc[n+]1C. The Kier molecular flexibility index (Phi) is 4.59. The van der Waals surface area contributed by atoms with Crippen LogP contribution in [-0.4, -0.2) is 0 Å². The summed E-state index contributed by atoms with van der Waals surface area (Å²) in [5, 5.41) is 12.1. The third-order valence-corrected chi connectivity index (χ3v) is 6.79. The van der Waals surface area contributed by atoms with Crippen molar-refractivity contribution in [3.05, 3.63) is 64.8 Å². The van der Waals surface area contributed by atoms with Gasteiger partial charge in [-0.1, -0.05) is 25.3 Å². The predicted molar refractivity (Wildman–Crippen MR) is 120 cm³/mol. The standard InChI is InChI=1S/C27H27N2O/c1-17-13-18(2)26(23-11-7-8-12-29(23)3)27-25(17)22-14-20(16-28)21(15-24(22)30-27)19-9-5-4-6-10-19/h7-8,11-15,19H,4-6,9-10H2,1-3H3/q+1. The van der Waals surface area contributed by atoms with E-state index in [2.05, 4.69) is 68.1 Å². The van der Waals surface area contributed by atoms with Gasteiger partial charge in [-0.25, -0.2) is 4.57 Å². The molecule has 0 amide bonds. The third-order valence-electron chi connectivity index (χ3n) is 6.79. The number of furan rings is 1. The van der Waals surface area contributed by atoms with Crippen LogP contribution in [0.3, 0.4) is 0 Å². The van der Waals surface area contributed by atoms with Gasteiger partial charge in [-0.2, -0.15) is 5.26 Å². The maximum atomic E-state index is 9.92. The average Bonchev–Trinajstić information content (AvgIpc) is 3.13. The number of aryl methyl sites for hydroxylation is 3. The van der Waals surface area contributed by atoms with Crippen LogP contribution in [0.1, 0.15) is 60.3 Å². The molecule has 1 aliphatic carbocycles. The average molecular weight is 396 g/mol. The molecule has 3 nitrogen and oxygen atoms in total. The van der Waals surface area contributed by atoms with Crippen molar-refractivity contribution in [1.82, 2.24) is 0 Å². The van der Waals surface area contributed by atoms with Crippen molar-refractivity contribution in [3.8, 4) is 17.3 Å². The molecule has 0 bridgehead atoms. The zero-order chi connectivity index (χ0) is 20.8. The lowest BCUT2D eigenvalue weighted by Crippen LogP contribution is -2.30. The van der Waals surface area contributed by atoms with Gasteiger partial charge < -0.3 is 4.42 Å². The van der Waals surface area contributed by atoms with Gasteiger partial charge in [-0.05, 0) is 67.5 Å². The van der Waals surface area contributed by atoms with E-state index < -0.39 is 0 Å². The first-order chi connectivity index (χ1) is 14.6. The monoisotopic (exact) mass is 395 g/mol. The maximum Gasteiger partial charge on any atom is 0.216 e. The summed E-state index contributed by atoms with van der Waals surface area (Å²) in [6.07, 6.45) is 8.22. The van der Waals surface area contributed by atoms with E-state index >= 15 is 0 Å². The molecule has 1 saturated carbocycles. The Morgan fingerprint density at radius 1 is 1.03 bits per heavy atom. The molecule has 0 radical (unpaired) electrons. The molecule has 0 atom stereocenters. The molecule has 5 rings (SSSR count). The van der Waals surface area contributed by atoms with Crippen LogP contribution in [0, 0.1) is 25.2 Å². The number of hydrogen-bond donors (Lipinski definition) is 0. The van der Waals surface area contributed by atoms with E-state index in [1.54, 1.807) is 0 Å². The fraction of sp³-hybridized carbons (Fsp3) is 0.333. The van der Waals surface area contributed by atoms with Gasteiger partial charge in [0.25, 0.3) is 0 Å². The Morgan fingerprint density at radius 3 is 2.57 bits per heavy atom. The van der Waals surface area contributed by atoms with Crippen LogP contribution < -0.4 is 4.57 Å². The van der Waals surface area contributed by atoms with E-state index in [0.29, 0.717) is 5.92 Å². The summed E-state index contributed by atoms with van der Waals surface area (Å²) in [5.41, 5.74) is 8.47. The highest BCUT2D eigenvalue weighted by Crippen LogP contribution is 2.42. The fourth-order valence-corrected chi connectivity index (χ4v) is 5.32. The van der Waals surface area contributed by atoms with Crippen LogP contribution in [-0.2, 0) is 7.05 Å². The summed E-state index contributed by atoms with van der Waals surface area (Å²) in [6.45, 7) is 4.29. The number of rotatable bonds is 2. The van der Waals surface area contributed by atoms with Gasteiger partial charge in [0.05, 0.1) is 17.2 Å². The third kappa shape index (κ3) is 2.91. The van der Waals surface area contributed by atoms with E-state index in [0.717, 1.165) is 38.8 Å². The lowest BCUT2D eigenvalue weighted by Gasteiger charge is -2.22. The molecule has 2 aromatic carbocycles. The second kappa shape index (κ2) is 7.29. The number of aromatic nitrogens is 1. The molecule has 0 aliphatic heterocycles. The van der Waals surface area contributed by atoms with Crippen molar-refractivity contribution in [2.75, 3.05) is 0 Å². The molecule has 0 spiro atoms. The minimum atomic E-state index is 0.472. The molecule has 4 aromatic rings.